The lowest BCUT2D eigenvalue weighted by molar-refractivity contribution is -0.156. The summed E-state index contributed by atoms with van der Waals surface area (Å²) in [4.78, 5) is 36.7. The summed E-state index contributed by atoms with van der Waals surface area (Å²) in [5, 5.41) is 0. The first kappa shape index (κ1) is 17.9. The molecule has 0 heterocycles. The Morgan fingerprint density at radius 3 is 2.50 bits per heavy atom. The van der Waals surface area contributed by atoms with Gasteiger partial charge in [0.1, 0.15) is 11.9 Å². The van der Waals surface area contributed by atoms with E-state index in [0.717, 1.165) is 37.7 Å². The summed E-state index contributed by atoms with van der Waals surface area (Å²) in [6.07, 6.45) is 5.55. The normalized spacial score (nSPS) is 45.1. The summed E-state index contributed by atoms with van der Waals surface area (Å²) in [6, 6.07) is 0. The number of Topliss-reactive ketones (excluding diaryl/α,β-unsaturated/α-hetero) is 2. The van der Waals surface area contributed by atoms with Crippen LogP contribution in [0.3, 0.4) is 0 Å². The van der Waals surface area contributed by atoms with Crippen LogP contribution in [0.1, 0.15) is 72.6 Å². The van der Waals surface area contributed by atoms with Gasteiger partial charge in [-0.1, -0.05) is 19.4 Å². The fourth-order valence-electron chi connectivity index (χ4n) is 7.11. The van der Waals surface area contributed by atoms with Crippen LogP contribution in [0.15, 0.2) is 11.1 Å². The molecule has 0 aliphatic heterocycles. The summed E-state index contributed by atoms with van der Waals surface area (Å²) < 4.78 is 5.65. The van der Waals surface area contributed by atoms with Crippen LogP contribution < -0.4 is 0 Å². The molecule has 0 radical (unpaired) electrons. The molecule has 142 valence electrons. The van der Waals surface area contributed by atoms with E-state index >= 15 is 0 Å². The smallest absolute Gasteiger partial charge is 0.302 e. The fourth-order valence-corrected chi connectivity index (χ4v) is 7.11. The number of ether oxygens (including phenoxy) is 1. The van der Waals surface area contributed by atoms with Gasteiger partial charge in [0.15, 0.2) is 5.78 Å². The molecule has 0 amide bonds. The number of hydrogen-bond donors (Lipinski definition) is 0. The maximum Gasteiger partial charge on any atom is 0.302 e. The minimum Gasteiger partial charge on any atom is -0.462 e. The number of carbonyl (C=O) groups excluding carboxylic acids is 3. The molecule has 1 unspecified atom stereocenters. The zero-order valence-electron chi connectivity index (χ0n) is 16.4. The van der Waals surface area contributed by atoms with E-state index in [2.05, 4.69) is 13.8 Å². The molecule has 0 saturated heterocycles. The number of hydrogen-bond acceptors (Lipinski definition) is 4. The van der Waals surface area contributed by atoms with Crippen LogP contribution in [0.5, 0.6) is 0 Å². The first-order valence-corrected chi connectivity index (χ1v) is 10.1. The van der Waals surface area contributed by atoms with E-state index in [1.54, 1.807) is 0 Å². The molecule has 0 spiro atoms. The second-order valence-electron chi connectivity index (χ2n) is 9.51. The predicted octanol–water partition coefficient (Wildman–Crippen LogP) is 4.02. The molecule has 4 rings (SSSR count). The summed E-state index contributed by atoms with van der Waals surface area (Å²) in [5.74, 6) is 1.32. The van der Waals surface area contributed by atoms with Crippen molar-refractivity contribution in [2.45, 2.75) is 78.7 Å². The topological polar surface area (TPSA) is 60.4 Å². The molecule has 3 saturated carbocycles. The van der Waals surface area contributed by atoms with Crippen LogP contribution in [0, 0.1) is 28.6 Å². The highest BCUT2D eigenvalue weighted by Crippen LogP contribution is 2.65. The highest BCUT2D eigenvalue weighted by Gasteiger charge is 2.63. The Bertz CT molecular complexity index is 720. The van der Waals surface area contributed by atoms with Crippen molar-refractivity contribution in [2.24, 2.45) is 28.6 Å². The summed E-state index contributed by atoms with van der Waals surface area (Å²) in [6.45, 7) is 7.89. The molecule has 4 heteroatoms. The monoisotopic (exact) mass is 358 g/mol. The third kappa shape index (κ3) is 2.30. The van der Waals surface area contributed by atoms with E-state index in [1.807, 2.05) is 6.92 Å². The predicted molar refractivity (Wildman–Crippen MR) is 97.3 cm³/mol. The molecule has 0 N–H and O–H groups in total. The zero-order valence-corrected chi connectivity index (χ0v) is 16.4. The number of fused-ring (bicyclic) bond motifs is 5. The summed E-state index contributed by atoms with van der Waals surface area (Å²) in [5.41, 5.74) is 2.07. The lowest BCUT2D eigenvalue weighted by Crippen LogP contribution is -2.53. The van der Waals surface area contributed by atoms with Gasteiger partial charge in [0, 0.05) is 31.1 Å². The number of allylic oxidation sites excluding steroid dienone is 1. The van der Waals surface area contributed by atoms with Crippen molar-refractivity contribution in [1.29, 1.82) is 0 Å². The number of rotatable bonds is 1. The molecule has 26 heavy (non-hydrogen) atoms. The van der Waals surface area contributed by atoms with Crippen LogP contribution in [0.25, 0.3) is 0 Å². The molecule has 3 fully saturated rings. The number of ketones is 2. The van der Waals surface area contributed by atoms with Crippen molar-refractivity contribution >= 4 is 17.5 Å². The minimum absolute atomic E-state index is 0.0641. The molecule has 4 aliphatic rings. The van der Waals surface area contributed by atoms with E-state index in [1.165, 1.54) is 12.5 Å². The van der Waals surface area contributed by atoms with Gasteiger partial charge in [-0.05, 0) is 61.9 Å². The first-order chi connectivity index (χ1) is 12.2. The van der Waals surface area contributed by atoms with Crippen LogP contribution in [-0.4, -0.2) is 23.6 Å². The Labute approximate surface area is 155 Å². The average Bonchev–Trinajstić information content (AvgIpc) is 2.81. The first-order valence-electron chi connectivity index (χ1n) is 10.1. The molecule has 0 aromatic heterocycles. The van der Waals surface area contributed by atoms with Crippen molar-refractivity contribution in [3.63, 3.8) is 0 Å². The molecule has 6 atom stereocenters. The lowest BCUT2D eigenvalue weighted by atomic mass is 9.46. The molecule has 0 aromatic rings. The minimum atomic E-state index is -0.349. The summed E-state index contributed by atoms with van der Waals surface area (Å²) in [7, 11) is 0. The molecule has 0 aromatic carbocycles. The van der Waals surface area contributed by atoms with Crippen molar-refractivity contribution in [3.8, 4) is 0 Å². The Hall–Kier alpha value is -1.45. The standard InChI is InChI=1S/C22H30O4/c1-12-15-6-5-14-16(21(15,3)10-8-17(12)24)7-9-22(4)19(25)11-18(20(14)22)26-13(2)23/h14,16,18,20H,5-11H2,1-4H3/t14-,16-,18?,20-,21+,22-/m1/s1. The third-order valence-corrected chi connectivity index (χ3v) is 8.41. The third-order valence-electron chi connectivity index (χ3n) is 8.41. The summed E-state index contributed by atoms with van der Waals surface area (Å²) >= 11 is 0. The van der Waals surface area contributed by atoms with Crippen molar-refractivity contribution in [2.75, 3.05) is 0 Å². The average molecular weight is 358 g/mol. The van der Waals surface area contributed by atoms with Crippen LogP contribution in [-0.2, 0) is 19.1 Å². The zero-order chi connectivity index (χ0) is 18.9. The van der Waals surface area contributed by atoms with E-state index in [4.69, 9.17) is 4.74 Å². The van der Waals surface area contributed by atoms with Crippen LogP contribution in [0.4, 0.5) is 0 Å². The van der Waals surface area contributed by atoms with Crippen molar-refractivity contribution < 1.29 is 19.1 Å². The van der Waals surface area contributed by atoms with Crippen molar-refractivity contribution in [3.05, 3.63) is 11.1 Å². The van der Waals surface area contributed by atoms with Gasteiger partial charge < -0.3 is 4.74 Å². The second-order valence-corrected chi connectivity index (χ2v) is 9.51. The fraction of sp³-hybridized carbons (Fsp3) is 0.773. The van der Waals surface area contributed by atoms with Crippen LogP contribution >= 0.6 is 0 Å². The van der Waals surface area contributed by atoms with Crippen molar-refractivity contribution in [1.82, 2.24) is 0 Å². The second kappa shape index (κ2) is 5.77. The van der Waals surface area contributed by atoms with Gasteiger partial charge in [0.05, 0.1) is 0 Å². The van der Waals surface area contributed by atoms with E-state index in [0.29, 0.717) is 30.5 Å². The largest absolute Gasteiger partial charge is 0.462 e. The maximum absolute atomic E-state index is 12.8. The van der Waals surface area contributed by atoms with Gasteiger partial charge in [-0.2, -0.15) is 0 Å². The number of carbonyl (C=O) groups is 3. The maximum atomic E-state index is 12.8. The van der Waals surface area contributed by atoms with E-state index < -0.39 is 0 Å². The highest BCUT2D eigenvalue weighted by atomic mass is 16.5. The Balaban J connectivity index is 1.73. The lowest BCUT2D eigenvalue weighted by Gasteiger charge is -2.57. The Morgan fingerprint density at radius 1 is 1.08 bits per heavy atom. The van der Waals surface area contributed by atoms with Gasteiger partial charge in [-0.3, -0.25) is 14.4 Å². The SMILES string of the molecule is CC(=O)OC1CC(=O)[C@@]2(C)CC[C@@H]3[C@@H](CCC4=C(C)C(=O)CC[C@@]43C)[C@H]12. The Morgan fingerprint density at radius 2 is 1.81 bits per heavy atom. The van der Waals surface area contributed by atoms with Gasteiger partial charge in [0.2, 0.25) is 0 Å². The van der Waals surface area contributed by atoms with Gasteiger partial charge >= 0.3 is 5.97 Å². The quantitative estimate of drug-likeness (QED) is 0.664. The highest BCUT2D eigenvalue weighted by molar-refractivity contribution is 5.96. The molecule has 4 aliphatic carbocycles. The van der Waals surface area contributed by atoms with E-state index in [-0.39, 0.29) is 34.6 Å². The number of esters is 1. The van der Waals surface area contributed by atoms with Gasteiger partial charge in [-0.15, -0.1) is 0 Å². The molecule has 4 nitrogen and oxygen atoms in total. The molecule has 0 bridgehead atoms. The molecular weight excluding hydrogens is 328 g/mol. The van der Waals surface area contributed by atoms with E-state index in [9.17, 15) is 14.4 Å². The van der Waals surface area contributed by atoms with Gasteiger partial charge in [0.25, 0.3) is 0 Å². The Kier molecular flexibility index (Phi) is 3.98. The van der Waals surface area contributed by atoms with Crippen LogP contribution in [0.2, 0.25) is 0 Å². The van der Waals surface area contributed by atoms with Gasteiger partial charge in [-0.25, -0.2) is 0 Å². The molecular formula is C22H30O4.